The van der Waals surface area contributed by atoms with Crippen molar-refractivity contribution in [3.05, 3.63) is 59.2 Å². The van der Waals surface area contributed by atoms with E-state index in [0.29, 0.717) is 29.8 Å². The van der Waals surface area contributed by atoms with Crippen molar-refractivity contribution in [3.63, 3.8) is 0 Å². The number of rotatable bonds is 3. The second-order valence-corrected chi connectivity index (χ2v) is 5.35. The molecule has 1 atom stereocenters. The van der Waals surface area contributed by atoms with Crippen molar-refractivity contribution in [3.8, 4) is 6.07 Å². The van der Waals surface area contributed by atoms with Crippen molar-refractivity contribution in [2.75, 3.05) is 11.9 Å². The summed E-state index contributed by atoms with van der Waals surface area (Å²) in [5.41, 5.74) is 6.78. The van der Waals surface area contributed by atoms with Crippen LogP contribution in [0, 0.1) is 17.1 Å². The molecule has 126 valence electrons. The molecule has 8 heteroatoms. The highest BCUT2D eigenvalue weighted by Crippen LogP contribution is 2.28. The molecular weight excluding hydrogens is 325 g/mol. The number of nitriles is 1. The van der Waals surface area contributed by atoms with Gasteiger partial charge in [0.1, 0.15) is 17.6 Å². The first kappa shape index (κ1) is 16.4. The molecule has 1 unspecified atom stereocenters. The van der Waals surface area contributed by atoms with Crippen molar-refractivity contribution in [1.82, 2.24) is 4.98 Å². The number of nitrogens with zero attached hydrogens (tertiary/aromatic N) is 3. The molecule has 3 rings (SSSR count). The van der Waals surface area contributed by atoms with E-state index < -0.39 is 17.8 Å². The number of nitrogens with two attached hydrogens (primary N) is 1. The molecular formula is C17H14FN5O2. The van der Waals surface area contributed by atoms with Crippen molar-refractivity contribution >= 4 is 17.6 Å². The van der Waals surface area contributed by atoms with E-state index in [1.54, 1.807) is 0 Å². The lowest BCUT2D eigenvalue weighted by Gasteiger charge is -2.20. The van der Waals surface area contributed by atoms with Crippen LogP contribution in [0.1, 0.15) is 34.1 Å². The highest BCUT2D eigenvalue weighted by Gasteiger charge is 2.20. The molecule has 0 saturated carbocycles. The molecule has 0 bridgehead atoms. The van der Waals surface area contributed by atoms with Gasteiger partial charge in [0.15, 0.2) is 0 Å². The van der Waals surface area contributed by atoms with Crippen LogP contribution in [-0.4, -0.2) is 23.5 Å². The number of benzene rings is 1. The van der Waals surface area contributed by atoms with Crippen LogP contribution < -0.4 is 11.1 Å². The Balaban J connectivity index is 1.81. The van der Waals surface area contributed by atoms with Crippen LogP contribution in [0.4, 0.5) is 10.1 Å². The SMILES string of the molecule is N#Cc1ccc(C(=O)Nc2ccc(F)c(C3CCOC(N)=N3)c2)nc1. The number of ether oxygens (including phenoxy) is 1. The zero-order chi connectivity index (χ0) is 17.8. The number of aromatic nitrogens is 1. The number of halogens is 1. The predicted molar refractivity (Wildman–Crippen MR) is 88.2 cm³/mol. The standard InChI is InChI=1S/C17H14FN5O2/c18-13-3-2-11(7-12(13)14-5-6-25-17(20)23-14)22-16(24)15-4-1-10(8-19)9-21-15/h1-4,7,9,14H,5-6H2,(H2,20,23)(H,22,24). The largest absolute Gasteiger partial charge is 0.465 e. The van der Waals surface area contributed by atoms with Gasteiger partial charge in [-0.3, -0.25) is 4.79 Å². The van der Waals surface area contributed by atoms with Gasteiger partial charge in [0.2, 0.25) is 0 Å². The number of amides is 1. The third kappa shape index (κ3) is 3.72. The van der Waals surface area contributed by atoms with Crippen molar-refractivity contribution in [2.24, 2.45) is 10.7 Å². The number of carbonyl (C=O) groups is 1. The molecule has 2 heterocycles. The number of amidine groups is 1. The normalized spacial score (nSPS) is 16.3. The molecule has 1 aliphatic rings. The van der Waals surface area contributed by atoms with Gasteiger partial charge in [-0.2, -0.15) is 5.26 Å². The number of nitrogens with one attached hydrogen (secondary N) is 1. The summed E-state index contributed by atoms with van der Waals surface area (Å²) in [5, 5.41) is 11.4. The summed E-state index contributed by atoms with van der Waals surface area (Å²) in [4.78, 5) is 20.2. The lowest BCUT2D eigenvalue weighted by Crippen LogP contribution is -2.24. The first-order valence-corrected chi connectivity index (χ1v) is 7.50. The minimum absolute atomic E-state index is 0.0203. The van der Waals surface area contributed by atoms with Crippen molar-refractivity contribution < 1.29 is 13.9 Å². The van der Waals surface area contributed by atoms with E-state index in [1.807, 2.05) is 6.07 Å². The number of aliphatic imine (C=N–C) groups is 1. The summed E-state index contributed by atoms with van der Waals surface area (Å²) < 4.78 is 19.2. The van der Waals surface area contributed by atoms with Crippen molar-refractivity contribution in [1.29, 1.82) is 5.26 Å². The zero-order valence-electron chi connectivity index (χ0n) is 13.1. The first-order valence-electron chi connectivity index (χ1n) is 7.50. The van der Waals surface area contributed by atoms with E-state index >= 15 is 0 Å². The maximum atomic E-state index is 14.1. The van der Waals surface area contributed by atoms with E-state index in [4.69, 9.17) is 15.7 Å². The summed E-state index contributed by atoms with van der Waals surface area (Å²) >= 11 is 0. The molecule has 3 N–H and O–H groups in total. The summed E-state index contributed by atoms with van der Waals surface area (Å²) in [7, 11) is 0. The van der Waals surface area contributed by atoms with Gasteiger partial charge in [-0.1, -0.05) is 0 Å². The molecule has 1 aromatic carbocycles. The molecule has 0 fully saturated rings. The lowest BCUT2D eigenvalue weighted by molar-refractivity contribution is 0.102. The Morgan fingerprint density at radius 3 is 2.92 bits per heavy atom. The number of hydrogen-bond donors (Lipinski definition) is 2. The topological polar surface area (TPSA) is 113 Å². The van der Waals surface area contributed by atoms with Crippen LogP contribution in [0.15, 0.2) is 41.5 Å². The maximum absolute atomic E-state index is 14.1. The monoisotopic (exact) mass is 339 g/mol. The summed E-state index contributed by atoms with van der Waals surface area (Å²) in [6.07, 6.45) is 1.80. The minimum atomic E-state index is -0.461. The summed E-state index contributed by atoms with van der Waals surface area (Å²) in [6, 6.07) is 8.66. The molecule has 7 nitrogen and oxygen atoms in total. The van der Waals surface area contributed by atoms with Gasteiger partial charge in [-0.25, -0.2) is 14.4 Å². The van der Waals surface area contributed by atoms with Crippen LogP contribution in [0.5, 0.6) is 0 Å². The fraction of sp³-hybridized carbons (Fsp3) is 0.176. The lowest BCUT2D eigenvalue weighted by atomic mass is 10.0. The fourth-order valence-electron chi connectivity index (χ4n) is 2.42. The first-order chi connectivity index (χ1) is 12.1. The second kappa shape index (κ2) is 6.97. The van der Waals surface area contributed by atoms with Gasteiger partial charge in [0.05, 0.1) is 18.2 Å². The van der Waals surface area contributed by atoms with Gasteiger partial charge in [0.25, 0.3) is 11.9 Å². The Hall–Kier alpha value is -3.47. The molecule has 0 spiro atoms. The zero-order valence-corrected chi connectivity index (χ0v) is 13.1. The Bertz CT molecular complexity index is 874. The summed E-state index contributed by atoms with van der Waals surface area (Å²) in [6.45, 7) is 0.352. The van der Waals surface area contributed by atoms with Crippen LogP contribution in [0.3, 0.4) is 0 Å². The Morgan fingerprint density at radius 1 is 1.40 bits per heavy atom. The third-order valence-corrected chi connectivity index (χ3v) is 3.66. The molecule has 1 aliphatic heterocycles. The van der Waals surface area contributed by atoms with Gasteiger partial charge in [-0.15, -0.1) is 0 Å². The highest BCUT2D eigenvalue weighted by atomic mass is 19.1. The van der Waals surface area contributed by atoms with E-state index in [2.05, 4.69) is 15.3 Å². The Labute approximate surface area is 143 Å². The minimum Gasteiger partial charge on any atom is -0.465 e. The van der Waals surface area contributed by atoms with Gasteiger partial charge in [0, 0.05) is 23.9 Å². The Morgan fingerprint density at radius 2 is 2.24 bits per heavy atom. The number of carbonyl (C=O) groups excluding carboxylic acids is 1. The van der Waals surface area contributed by atoms with Crippen LogP contribution in [-0.2, 0) is 4.74 Å². The van der Waals surface area contributed by atoms with E-state index in [0.717, 1.165) is 0 Å². The molecule has 25 heavy (non-hydrogen) atoms. The van der Waals surface area contributed by atoms with Crippen LogP contribution >= 0.6 is 0 Å². The van der Waals surface area contributed by atoms with Gasteiger partial charge >= 0.3 is 0 Å². The molecule has 1 amide bonds. The molecule has 0 aliphatic carbocycles. The maximum Gasteiger partial charge on any atom is 0.282 e. The Kier molecular flexibility index (Phi) is 4.57. The average molecular weight is 339 g/mol. The molecule has 2 aromatic rings. The molecule has 0 saturated heterocycles. The smallest absolute Gasteiger partial charge is 0.282 e. The van der Waals surface area contributed by atoms with E-state index in [1.165, 1.54) is 36.5 Å². The highest BCUT2D eigenvalue weighted by molar-refractivity contribution is 6.02. The predicted octanol–water partition coefficient (Wildman–Crippen LogP) is 2.12. The summed E-state index contributed by atoms with van der Waals surface area (Å²) in [5.74, 6) is -0.894. The number of anilines is 1. The van der Waals surface area contributed by atoms with Crippen LogP contribution in [0.2, 0.25) is 0 Å². The fourth-order valence-corrected chi connectivity index (χ4v) is 2.42. The van der Waals surface area contributed by atoms with Crippen molar-refractivity contribution in [2.45, 2.75) is 12.5 Å². The van der Waals surface area contributed by atoms with Gasteiger partial charge < -0.3 is 15.8 Å². The van der Waals surface area contributed by atoms with Gasteiger partial charge in [-0.05, 0) is 30.3 Å². The molecule has 0 radical (unpaired) electrons. The van der Waals surface area contributed by atoms with E-state index in [-0.39, 0.29) is 11.7 Å². The number of pyridine rings is 1. The van der Waals surface area contributed by atoms with Crippen LogP contribution in [0.25, 0.3) is 0 Å². The second-order valence-electron chi connectivity index (χ2n) is 5.35. The molecule has 1 aromatic heterocycles. The number of hydrogen-bond acceptors (Lipinski definition) is 6. The quantitative estimate of drug-likeness (QED) is 0.889. The average Bonchev–Trinajstić information content (AvgIpc) is 2.63. The third-order valence-electron chi connectivity index (χ3n) is 3.66. The van der Waals surface area contributed by atoms with E-state index in [9.17, 15) is 9.18 Å².